The van der Waals surface area contributed by atoms with E-state index in [0.29, 0.717) is 12.8 Å². The van der Waals surface area contributed by atoms with Crippen molar-refractivity contribution in [2.24, 2.45) is 0 Å². The van der Waals surface area contributed by atoms with E-state index < -0.39 is 5.79 Å². The maximum Gasteiger partial charge on any atom is 0.228 e. The predicted octanol–water partition coefficient (Wildman–Crippen LogP) is 2.78. The Labute approximate surface area is 87.8 Å². The van der Waals surface area contributed by atoms with E-state index in [1.54, 1.807) is 0 Å². The molecule has 14 heavy (non-hydrogen) atoms. The van der Waals surface area contributed by atoms with Gasteiger partial charge >= 0.3 is 0 Å². The van der Waals surface area contributed by atoms with Crippen molar-refractivity contribution < 1.29 is 14.3 Å². The molecule has 0 rings (SSSR count). The number of hydrogen-bond donors (Lipinski definition) is 0. The van der Waals surface area contributed by atoms with Gasteiger partial charge < -0.3 is 9.47 Å². The molecule has 86 valence electrons. The van der Waals surface area contributed by atoms with Gasteiger partial charge in [-0.15, -0.1) is 0 Å². The van der Waals surface area contributed by atoms with Crippen LogP contribution in [0.5, 0.6) is 0 Å². The summed E-state index contributed by atoms with van der Waals surface area (Å²) >= 11 is 0. The highest BCUT2D eigenvalue weighted by molar-refractivity contribution is 5.85. The van der Waals surface area contributed by atoms with Crippen LogP contribution in [0.1, 0.15) is 47.0 Å². The largest absolute Gasteiger partial charge is 0.347 e. The molecule has 0 unspecified atom stereocenters. The van der Waals surface area contributed by atoms with Gasteiger partial charge in [0, 0.05) is 27.1 Å². The lowest BCUT2D eigenvalue weighted by Crippen LogP contribution is -2.42. The van der Waals surface area contributed by atoms with Gasteiger partial charge in [-0.1, -0.05) is 34.1 Å². The Morgan fingerprint density at radius 1 is 1.14 bits per heavy atom. The second-order valence-electron chi connectivity index (χ2n) is 2.69. The first kappa shape index (κ1) is 16.0. The van der Waals surface area contributed by atoms with Crippen LogP contribution in [0.2, 0.25) is 0 Å². The number of hydrogen-bond acceptors (Lipinski definition) is 3. The van der Waals surface area contributed by atoms with Crippen molar-refractivity contribution in [1.29, 1.82) is 0 Å². The average molecular weight is 204 g/mol. The molecule has 0 aromatic rings. The van der Waals surface area contributed by atoms with Crippen molar-refractivity contribution in [2.45, 2.75) is 52.7 Å². The van der Waals surface area contributed by atoms with Gasteiger partial charge in [0.2, 0.25) is 5.79 Å². The van der Waals surface area contributed by atoms with Crippen molar-refractivity contribution in [2.75, 3.05) is 14.2 Å². The Balaban J connectivity index is 0. The van der Waals surface area contributed by atoms with Gasteiger partial charge in [-0.3, -0.25) is 4.79 Å². The number of Topliss-reactive ketones (excluding diaryl/α,β-unsaturated/α-hetero) is 1. The van der Waals surface area contributed by atoms with Crippen LogP contribution in [0.4, 0.5) is 0 Å². The molecule has 0 N–H and O–H groups in total. The Kier molecular flexibility index (Phi) is 10.5. The molecular formula is C11H24O3. The second kappa shape index (κ2) is 9.16. The molecule has 0 bridgehead atoms. The standard InChI is InChI=1S/C9H18O3.C2H6/c1-5-7-9(11-3,12-4)8(10)6-2;1-2/h5-7H2,1-4H3;1-2H3. The number of methoxy groups -OCH3 is 2. The first-order chi connectivity index (χ1) is 6.66. The number of carbonyl (C=O) groups excluding carboxylic acids is 1. The second-order valence-corrected chi connectivity index (χ2v) is 2.69. The quantitative estimate of drug-likeness (QED) is 0.624. The molecular weight excluding hydrogens is 180 g/mol. The summed E-state index contributed by atoms with van der Waals surface area (Å²) in [6.07, 6.45) is 1.93. The number of carbonyl (C=O) groups is 1. The fourth-order valence-electron chi connectivity index (χ4n) is 1.25. The summed E-state index contributed by atoms with van der Waals surface area (Å²) in [5.41, 5.74) is 0. The van der Waals surface area contributed by atoms with Gasteiger partial charge in [0.15, 0.2) is 5.78 Å². The third kappa shape index (κ3) is 4.20. The Morgan fingerprint density at radius 2 is 1.57 bits per heavy atom. The summed E-state index contributed by atoms with van der Waals surface area (Å²) in [6.45, 7) is 7.81. The zero-order valence-electron chi connectivity index (χ0n) is 10.3. The van der Waals surface area contributed by atoms with Gasteiger partial charge in [0.25, 0.3) is 0 Å². The molecule has 0 saturated carbocycles. The summed E-state index contributed by atoms with van der Waals surface area (Å²) in [5, 5.41) is 0. The fraction of sp³-hybridized carbons (Fsp3) is 0.909. The van der Waals surface area contributed by atoms with E-state index in [-0.39, 0.29) is 5.78 Å². The van der Waals surface area contributed by atoms with Crippen molar-refractivity contribution in [3.05, 3.63) is 0 Å². The van der Waals surface area contributed by atoms with E-state index in [1.165, 1.54) is 14.2 Å². The smallest absolute Gasteiger partial charge is 0.228 e. The first-order valence-electron chi connectivity index (χ1n) is 5.30. The summed E-state index contributed by atoms with van der Waals surface area (Å²) in [7, 11) is 3.01. The molecule has 0 heterocycles. The Hall–Kier alpha value is -0.410. The van der Waals surface area contributed by atoms with Crippen LogP contribution in [0.15, 0.2) is 0 Å². The summed E-state index contributed by atoms with van der Waals surface area (Å²) < 4.78 is 10.2. The molecule has 0 aliphatic rings. The van der Waals surface area contributed by atoms with Crippen LogP contribution >= 0.6 is 0 Å². The van der Waals surface area contributed by atoms with Crippen LogP contribution in [0.3, 0.4) is 0 Å². The maximum atomic E-state index is 11.4. The topological polar surface area (TPSA) is 35.5 Å². The van der Waals surface area contributed by atoms with Crippen molar-refractivity contribution in [1.82, 2.24) is 0 Å². The van der Waals surface area contributed by atoms with Gasteiger partial charge in [0.05, 0.1) is 0 Å². The van der Waals surface area contributed by atoms with E-state index in [1.807, 2.05) is 27.7 Å². The van der Waals surface area contributed by atoms with Gasteiger partial charge in [-0.05, 0) is 0 Å². The SMILES string of the molecule is CC.CCCC(OC)(OC)C(=O)CC. The molecule has 0 atom stereocenters. The normalized spacial score (nSPS) is 10.4. The minimum atomic E-state index is -0.997. The highest BCUT2D eigenvalue weighted by atomic mass is 16.7. The van der Waals surface area contributed by atoms with Crippen LogP contribution in [-0.4, -0.2) is 25.8 Å². The lowest BCUT2D eigenvalue weighted by atomic mass is 10.0. The maximum absolute atomic E-state index is 11.4. The number of ether oxygens (including phenoxy) is 2. The van der Waals surface area contributed by atoms with Crippen LogP contribution in [0.25, 0.3) is 0 Å². The Morgan fingerprint density at radius 3 is 1.79 bits per heavy atom. The molecule has 0 spiro atoms. The lowest BCUT2D eigenvalue weighted by molar-refractivity contribution is -0.209. The molecule has 0 saturated heterocycles. The Bertz CT molecular complexity index is 139. The van der Waals surface area contributed by atoms with Gasteiger partial charge in [-0.2, -0.15) is 0 Å². The van der Waals surface area contributed by atoms with E-state index in [0.717, 1.165) is 6.42 Å². The van der Waals surface area contributed by atoms with Crippen LogP contribution in [-0.2, 0) is 14.3 Å². The van der Waals surface area contributed by atoms with Crippen molar-refractivity contribution in [3.63, 3.8) is 0 Å². The van der Waals surface area contributed by atoms with Crippen molar-refractivity contribution in [3.8, 4) is 0 Å². The monoisotopic (exact) mass is 204 g/mol. The average Bonchev–Trinajstić information content (AvgIpc) is 2.27. The van der Waals surface area contributed by atoms with Gasteiger partial charge in [0.1, 0.15) is 0 Å². The van der Waals surface area contributed by atoms with Crippen LogP contribution < -0.4 is 0 Å². The zero-order chi connectivity index (χ0) is 11.6. The summed E-state index contributed by atoms with van der Waals surface area (Å²) in [6, 6.07) is 0. The van der Waals surface area contributed by atoms with Gasteiger partial charge in [-0.25, -0.2) is 0 Å². The number of rotatable bonds is 6. The predicted molar refractivity (Wildman–Crippen MR) is 58.3 cm³/mol. The van der Waals surface area contributed by atoms with E-state index in [9.17, 15) is 4.79 Å². The van der Waals surface area contributed by atoms with Crippen LogP contribution in [0, 0.1) is 0 Å². The fourth-order valence-corrected chi connectivity index (χ4v) is 1.25. The molecule has 0 aromatic carbocycles. The highest BCUT2D eigenvalue weighted by Crippen LogP contribution is 2.20. The molecule has 0 aromatic heterocycles. The van der Waals surface area contributed by atoms with Crippen molar-refractivity contribution >= 4 is 5.78 Å². The molecule has 0 aliphatic heterocycles. The minimum Gasteiger partial charge on any atom is -0.347 e. The number of ketones is 1. The lowest BCUT2D eigenvalue weighted by Gasteiger charge is -2.28. The molecule has 0 aliphatic carbocycles. The molecule has 3 heteroatoms. The van der Waals surface area contributed by atoms with E-state index in [4.69, 9.17) is 9.47 Å². The first-order valence-corrected chi connectivity index (χ1v) is 5.30. The summed E-state index contributed by atoms with van der Waals surface area (Å²) in [5.74, 6) is -0.988. The molecule has 0 radical (unpaired) electrons. The molecule has 0 fully saturated rings. The summed E-state index contributed by atoms with van der Waals surface area (Å²) in [4.78, 5) is 11.4. The highest BCUT2D eigenvalue weighted by Gasteiger charge is 2.35. The molecule has 3 nitrogen and oxygen atoms in total. The minimum absolute atomic E-state index is 0.00866. The van der Waals surface area contributed by atoms with E-state index in [2.05, 4.69) is 0 Å². The van der Waals surface area contributed by atoms with E-state index >= 15 is 0 Å². The third-order valence-electron chi connectivity index (χ3n) is 1.98. The third-order valence-corrected chi connectivity index (χ3v) is 1.98. The zero-order valence-corrected chi connectivity index (χ0v) is 10.3. The molecule has 0 amide bonds.